The number of ketones is 1. The van der Waals surface area contributed by atoms with E-state index >= 15 is 0 Å². The normalized spacial score (nSPS) is 24.6. The number of rotatable bonds is 4. The van der Waals surface area contributed by atoms with Crippen LogP contribution in [0.15, 0.2) is 16.7 Å². The lowest BCUT2D eigenvalue weighted by Gasteiger charge is -2.26. The van der Waals surface area contributed by atoms with Crippen LogP contribution in [-0.2, 0) is 9.53 Å². The number of benzene rings is 1. The monoisotopic (exact) mass is 491 g/mol. The van der Waals surface area contributed by atoms with E-state index in [2.05, 4.69) is 5.16 Å². The van der Waals surface area contributed by atoms with Crippen LogP contribution >= 0.6 is 0 Å². The fourth-order valence-electron chi connectivity index (χ4n) is 6.31. The van der Waals surface area contributed by atoms with E-state index in [1.54, 1.807) is 4.57 Å². The summed E-state index contributed by atoms with van der Waals surface area (Å²) in [6.45, 7) is 9.23. The first-order chi connectivity index (χ1) is 17.0. The van der Waals surface area contributed by atoms with Crippen LogP contribution in [0.1, 0.15) is 87.7 Å². The van der Waals surface area contributed by atoms with Gasteiger partial charge in [-0.05, 0) is 90.3 Å². The minimum Gasteiger partial charge on any atom is -0.443 e. The first-order valence-electron chi connectivity index (χ1n) is 13.0. The molecule has 3 aliphatic rings. The van der Waals surface area contributed by atoms with Gasteiger partial charge in [-0.15, -0.1) is 0 Å². The van der Waals surface area contributed by atoms with Crippen molar-refractivity contribution in [3.63, 3.8) is 0 Å². The van der Waals surface area contributed by atoms with Crippen molar-refractivity contribution >= 4 is 22.9 Å². The smallest absolute Gasteiger partial charge is 0.420 e. The second kappa shape index (κ2) is 8.00. The second-order valence-electron chi connectivity index (χ2n) is 11.8. The standard InChI is InChI=1S/C28H33N3O5/c1-13-21(14(2)36-30-13)18-11-19(25(33)22-16-8-9-17(10-16)24(22)32)23-20(12-18)31(26(29-23)15-6-7-15)27(34)35-28(3,4)5/h11-12,15-17,22,25,33H,6-10H2,1-5H3. The average molecular weight is 492 g/mol. The van der Waals surface area contributed by atoms with Crippen molar-refractivity contribution in [2.45, 2.75) is 84.3 Å². The van der Waals surface area contributed by atoms with E-state index in [1.165, 1.54) is 0 Å². The number of hydrogen-bond donors (Lipinski definition) is 1. The Hall–Kier alpha value is -3.00. The Labute approximate surface area is 210 Å². The van der Waals surface area contributed by atoms with E-state index < -0.39 is 23.7 Å². The van der Waals surface area contributed by atoms with Crippen molar-refractivity contribution < 1.29 is 24.0 Å². The maximum absolute atomic E-state index is 13.5. The number of aliphatic hydroxyl groups is 1. The number of fused-ring (bicyclic) bond motifs is 3. The molecule has 4 unspecified atom stereocenters. The minimum atomic E-state index is -0.996. The molecule has 0 aliphatic heterocycles. The van der Waals surface area contributed by atoms with Crippen molar-refractivity contribution in [1.29, 1.82) is 0 Å². The molecular weight excluding hydrogens is 458 g/mol. The molecule has 3 aromatic rings. The zero-order valence-corrected chi connectivity index (χ0v) is 21.5. The largest absolute Gasteiger partial charge is 0.443 e. The number of aliphatic hydroxyl groups excluding tert-OH is 1. The Morgan fingerprint density at radius 3 is 2.47 bits per heavy atom. The molecule has 0 amide bonds. The molecule has 2 heterocycles. The highest BCUT2D eigenvalue weighted by molar-refractivity contribution is 5.94. The molecule has 8 heteroatoms. The molecule has 4 atom stereocenters. The summed E-state index contributed by atoms with van der Waals surface area (Å²) in [7, 11) is 0. The molecule has 8 nitrogen and oxygen atoms in total. The Bertz CT molecular complexity index is 1370. The molecule has 3 aliphatic carbocycles. The van der Waals surface area contributed by atoms with Crippen molar-refractivity contribution in [2.24, 2.45) is 17.8 Å². The van der Waals surface area contributed by atoms with E-state index in [9.17, 15) is 14.7 Å². The van der Waals surface area contributed by atoms with Gasteiger partial charge in [-0.2, -0.15) is 0 Å². The fraction of sp³-hybridized carbons (Fsp3) is 0.571. The maximum Gasteiger partial charge on any atom is 0.420 e. The number of carbonyl (C=O) groups is 2. The average Bonchev–Trinajstić information content (AvgIpc) is 3.11. The molecule has 3 fully saturated rings. The third-order valence-electron chi connectivity index (χ3n) is 8.03. The van der Waals surface area contributed by atoms with Gasteiger partial charge in [0.15, 0.2) is 0 Å². The number of nitrogens with zero attached hydrogens (tertiary/aromatic N) is 3. The van der Waals surface area contributed by atoms with Gasteiger partial charge in [0, 0.05) is 23.0 Å². The predicted octanol–water partition coefficient (Wildman–Crippen LogP) is 5.62. The molecule has 0 radical (unpaired) electrons. The first-order valence-corrected chi connectivity index (χ1v) is 13.0. The number of Topliss-reactive ketones (excluding diaryl/α,β-unsaturated/α-hetero) is 1. The Morgan fingerprint density at radius 2 is 1.89 bits per heavy atom. The lowest BCUT2D eigenvalue weighted by Crippen LogP contribution is -2.28. The fourth-order valence-corrected chi connectivity index (χ4v) is 6.31. The van der Waals surface area contributed by atoms with Crippen molar-refractivity contribution in [3.8, 4) is 11.1 Å². The van der Waals surface area contributed by atoms with Gasteiger partial charge in [0.2, 0.25) is 0 Å². The van der Waals surface area contributed by atoms with E-state index in [0.29, 0.717) is 33.9 Å². The molecule has 0 spiro atoms. The summed E-state index contributed by atoms with van der Waals surface area (Å²) in [6, 6.07) is 3.81. The maximum atomic E-state index is 13.5. The van der Waals surface area contributed by atoms with E-state index in [-0.39, 0.29) is 23.5 Å². The number of imidazole rings is 1. The molecule has 36 heavy (non-hydrogen) atoms. The van der Waals surface area contributed by atoms with Gasteiger partial charge in [-0.3, -0.25) is 4.79 Å². The lowest BCUT2D eigenvalue weighted by atomic mass is 9.80. The van der Waals surface area contributed by atoms with Crippen LogP contribution in [0.25, 0.3) is 22.2 Å². The summed E-state index contributed by atoms with van der Waals surface area (Å²) in [5, 5.41) is 15.8. The Balaban J connectivity index is 1.58. The highest BCUT2D eigenvalue weighted by atomic mass is 16.6. The van der Waals surface area contributed by atoms with Crippen LogP contribution in [0.4, 0.5) is 4.79 Å². The molecule has 1 aromatic carbocycles. The minimum absolute atomic E-state index is 0.0530. The van der Waals surface area contributed by atoms with E-state index in [4.69, 9.17) is 14.2 Å². The molecule has 1 N–H and O–H groups in total. The van der Waals surface area contributed by atoms with Gasteiger partial charge >= 0.3 is 6.09 Å². The molecule has 2 bridgehead atoms. The van der Waals surface area contributed by atoms with Crippen LogP contribution in [0, 0.1) is 31.6 Å². The van der Waals surface area contributed by atoms with Crippen LogP contribution in [0.5, 0.6) is 0 Å². The highest BCUT2D eigenvalue weighted by Gasteiger charge is 2.50. The molecular formula is C28H33N3O5. The summed E-state index contributed by atoms with van der Waals surface area (Å²) in [4.78, 5) is 31.5. The highest BCUT2D eigenvalue weighted by Crippen LogP contribution is 2.52. The summed E-state index contributed by atoms with van der Waals surface area (Å²) < 4.78 is 12.8. The van der Waals surface area contributed by atoms with Crippen molar-refractivity contribution in [1.82, 2.24) is 14.7 Å². The SMILES string of the molecule is Cc1noc(C)c1-c1cc(C(O)C2C(=O)C3CCC2C3)c2nc(C3CC3)n(C(=O)OC(C)(C)C)c2c1. The van der Waals surface area contributed by atoms with Crippen molar-refractivity contribution in [3.05, 3.63) is 35.0 Å². The van der Waals surface area contributed by atoms with E-state index in [0.717, 1.165) is 43.2 Å². The molecule has 190 valence electrons. The summed E-state index contributed by atoms with van der Waals surface area (Å²) >= 11 is 0. The first kappa shape index (κ1) is 23.4. The van der Waals surface area contributed by atoms with Gasteiger partial charge in [0.25, 0.3) is 0 Å². The van der Waals surface area contributed by atoms with Crippen LogP contribution in [0.3, 0.4) is 0 Å². The van der Waals surface area contributed by atoms with Gasteiger partial charge < -0.3 is 14.4 Å². The topological polar surface area (TPSA) is 107 Å². The van der Waals surface area contributed by atoms with Crippen LogP contribution in [-0.4, -0.2) is 37.3 Å². The van der Waals surface area contributed by atoms with Crippen molar-refractivity contribution in [2.75, 3.05) is 0 Å². The number of ether oxygens (including phenoxy) is 1. The molecule has 3 saturated carbocycles. The van der Waals surface area contributed by atoms with Gasteiger partial charge in [0.1, 0.15) is 23.0 Å². The third-order valence-corrected chi connectivity index (χ3v) is 8.03. The van der Waals surface area contributed by atoms with Crippen LogP contribution < -0.4 is 0 Å². The predicted molar refractivity (Wildman–Crippen MR) is 133 cm³/mol. The summed E-state index contributed by atoms with van der Waals surface area (Å²) in [5.41, 5.74) is 3.34. The van der Waals surface area contributed by atoms with E-state index in [1.807, 2.05) is 46.8 Å². The Morgan fingerprint density at radius 1 is 1.17 bits per heavy atom. The van der Waals surface area contributed by atoms with Crippen LogP contribution in [0.2, 0.25) is 0 Å². The number of aryl methyl sites for hydroxylation is 2. The summed E-state index contributed by atoms with van der Waals surface area (Å²) in [5.74, 6) is 1.42. The second-order valence-corrected chi connectivity index (χ2v) is 11.8. The van der Waals surface area contributed by atoms with Gasteiger partial charge in [-0.25, -0.2) is 14.3 Å². The summed E-state index contributed by atoms with van der Waals surface area (Å²) in [6.07, 6.45) is 3.15. The zero-order chi connectivity index (χ0) is 25.5. The molecule has 2 aromatic heterocycles. The molecule has 0 saturated heterocycles. The third kappa shape index (κ3) is 3.69. The van der Waals surface area contributed by atoms with Gasteiger partial charge in [0.05, 0.1) is 28.7 Å². The number of aromatic nitrogens is 3. The lowest BCUT2D eigenvalue weighted by molar-refractivity contribution is -0.129. The zero-order valence-electron chi connectivity index (χ0n) is 21.5. The Kier molecular flexibility index (Phi) is 5.20. The molecule has 6 rings (SSSR count). The quantitative estimate of drug-likeness (QED) is 0.505. The number of carbonyl (C=O) groups excluding carboxylic acids is 2. The number of hydrogen-bond acceptors (Lipinski definition) is 7. The van der Waals surface area contributed by atoms with Gasteiger partial charge in [-0.1, -0.05) is 5.16 Å².